The maximum atomic E-state index is 7.06. The average Bonchev–Trinajstić information content (AvgIpc) is 1.59. The van der Waals surface area contributed by atoms with Crippen LogP contribution < -0.4 is 0 Å². The predicted molar refractivity (Wildman–Crippen MR) is 28.7 cm³/mol. The molecule has 0 aliphatic carbocycles. The molecule has 0 N–H and O–H groups in total. The molecule has 0 saturated carbocycles. The van der Waals surface area contributed by atoms with Crippen LogP contribution in [0.25, 0.3) is 0 Å². The molecule has 0 atom stereocenters. The van der Waals surface area contributed by atoms with Gasteiger partial charge in [0.25, 0.3) is 0 Å². The summed E-state index contributed by atoms with van der Waals surface area (Å²) in [5, 5.41) is 0.542. The highest BCUT2D eigenvalue weighted by Crippen LogP contribution is 1.90. The Hall–Kier alpha value is -0.430. The zero-order chi connectivity index (χ0) is 6.85. The van der Waals surface area contributed by atoms with Gasteiger partial charge in [-0.1, -0.05) is 6.04 Å². The Morgan fingerprint density at radius 3 is 2.50 bits per heavy atom. The zero-order valence-corrected chi connectivity index (χ0v) is 3.88. The highest BCUT2D eigenvalue weighted by Gasteiger charge is 1.74. The maximum Gasteiger partial charge on any atom is 0.211 e. The highest BCUT2D eigenvalue weighted by molar-refractivity contribution is 7.07. The molecule has 0 aliphatic rings. The summed E-state index contributed by atoms with van der Waals surface area (Å²) in [7, 11) is 0. The van der Waals surface area contributed by atoms with Crippen molar-refractivity contribution in [1.29, 1.82) is 0 Å². The van der Waals surface area contributed by atoms with Crippen LogP contribution in [0.5, 0.6) is 0 Å². The first-order chi connectivity index (χ1) is 4.18. The monoisotopic (exact) mass is 103 g/mol. The molecular formula is C5H5S+. The molecule has 0 fully saturated rings. The van der Waals surface area contributed by atoms with Crippen molar-refractivity contribution in [1.82, 2.24) is 0 Å². The first kappa shape index (κ1) is 1.58. The molecule has 6 heavy (non-hydrogen) atoms. The zero-order valence-electron chi connectivity index (χ0n) is 6.06. The van der Waals surface area contributed by atoms with Gasteiger partial charge >= 0.3 is 0 Å². The Bertz CT molecular complexity index is 173. The summed E-state index contributed by atoms with van der Waals surface area (Å²) >= 11 is 1.06. The third-order valence-corrected chi connectivity index (χ3v) is 0.874. The summed E-state index contributed by atoms with van der Waals surface area (Å²) in [5.74, 6) is 0. The average molecular weight is 103 g/mol. The molecule has 0 radical (unpaired) electrons. The predicted octanol–water partition coefficient (Wildman–Crippen LogP) is 2.03. The van der Waals surface area contributed by atoms with Crippen molar-refractivity contribution in [3.63, 3.8) is 0 Å². The van der Waals surface area contributed by atoms with Gasteiger partial charge in [-0.05, 0) is 12.1 Å². The molecule has 0 unspecified atom stereocenters. The van der Waals surface area contributed by atoms with E-state index >= 15 is 0 Å². The summed E-state index contributed by atoms with van der Waals surface area (Å²) in [5.41, 5.74) is 0. The van der Waals surface area contributed by atoms with Crippen LogP contribution in [0.2, 0.25) is 0 Å². The largest absolute Gasteiger partial charge is 0.211 e. The van der Waals surface area contributed by atoms with Crippen molar-refractivity contribution in [3.05, 3.63) is 28.9 Å². The van der Waals surface area contributed by atoms with Gasteiger partial charge in [0, 0.05) is 0 Å². The van der Waals surface area contributed by atoms with E-state index < -0.39 is 0 Å². The first-order valence-corrected chi connectivity index (χ1v) is 2.38. The SMILES string of the molecule is [3H]c1cc([3H])[s+]c([3H])c1. The van der Waals surface area contributed by atoms with Crippen molar-refractivity contribution in [3.8, 4) is 0 Å². The quantitative estimate of drug-likeness (QED) is 0.441. The minimum Gasteiger partial charge on any atom is -0.0524 e. The van der Waals surface area contributed by atoms with Crippen molar-refractivity contribution >= 4 is 11.3 Å². The summed E-state index contributed by atoms with van der Waals surface area (Å²) in [6, 6.07) is 3.08. The molecule has 1 aromatic heterocycles. The van der Waals surface area contributed by atoms with Crippen LogP contribution in [0.4, 0.5) is 0 Å². The fraction of sp³-hybridized carbons (Fsp3) is 0. The maximum absolute atomic E-state index is 7.06. The minimum absolute atomic E-state index is 0.240. The van der Waals surface area contributed by atoms with Gasteiger partial charge in [-0.3, -0.25) is 0 Å². The van der Waals surface area contributed by atoms with E-state index in [4.69, 9.17) is 4.11 Å². The van der Waals surface area contributed by atoms with Gasteiger partial charge in [0.1, 0.15) is 2.74 Å². The van der Waals surface area contributed by atoms with E-state index in [2.05, 4.69) is 0 Å². The standard InChI is InChI=1S/C5H5S/c1-2-4-6-5-3-1/h1-5H/q+1/i1T,4T,5T. The fourth-order valence-electron chi connectivity index (χ4n) is 0.203. The van der Waals surface area contributed by atoms with Gasteiger partial charge in [0.2, 0.25) is 11.3 Å². The van der Waals surface area contributed by atoms with Gasteiger partial charge in [0.15, 0.2) is 10.7 Å². The van der Waals surface area contributed by atoms with E-state index in [1.165, 1.54) is 12.1 Å². The van der Waals surface area contributed by atoms with Crippen molar-refractivity contribution < 1.29 is 4.11 Å². The van der Waals surface area contributed by atoms with Gasteiger partial charge in [0.05, 0.1) is 1.37 Å². The lowest BCUT2D eigenvalue weighted by Gasteiger charge is -1.56. The van der Waals surface area contributed by atoms with Crippen molar-refractivity contribution in [2.75, 3.05) is 0 Å². The topological polar surface area (TPSA) is 0 Å². The molecule has 1 heterocycles. The van der Waals surface area contributed by atoms with E-state index in [1.807, 2.05) is 0 Å². The third kappa shape index (κ3) is 0.760. The smallest absolute Gasteiger partial charge is 0.0524 e. The number of hydrogen-bond acceptors (Lipinski definition) is 0. The molecule has 0 saturated heterocycles. The van der Waals surface area contributed by atoms with Gasteiger partial charge in [-0.15, -0.1) is 0 Å². The molecule has 30 valence electrons. The Morgan fingerprint density at radius 2 is 2.00 bits per heavy atom. The molecule has 1 heteroatoms. The Kier molecular flexibility index (Phi) is 0.496. The molecule has 0 bridgehead atoms. The molecule has 0 amide bonds. The van der Waals surface area contributed by atoms with E-state index in [0.29, 0.717) is 0 Å². The van der Waals surface area contributed by atoms with Crippen molar-refractivity contribution in [2.24, 2.45) is 0 Å². The number of hydrogen-bond donors (Lipinski definition) is 0. The highest BCUT2D eigenvalue weighted by atomic mass is 32.1. The fourth-order valence-corrected chi connectivity index (χ4v) is 0.525. The van der Waals surface area contributed by atoms with E-state index in [9.17, 15) is 0 Å². The van der Waals surface area contributed by atoms with E-state index in [-0.39, 0.29) is 16.8 Å². The van der Waals surface area contributed by atoms with Crippen LogP contribution in [0, 0.1) is 0 Å². The van der Waals surface area contributed by atoms with Gasteiger partial charge < -0.3 is 0 Å². The molecule has 1 rings (SSSR count). The van der Waals surface area contributed by atoms with Crippen LogP contribution in [-0.2, 0) is 0 Å². The van der Waals surface area contributed by atoms with Crippen molar-refractivity contribution in [2.45, 2.75) is 0 Å². The molecule has 0 aliphatic heterocycles. The summed E-state index contributed by atoms with van der Waals surface area (Å²) in [6.07, 6.45) is 0. The van der Waals surface area contributed by atoms with E-state index in [0.717, 1.165) is 11.3 Å². The summed E-state index contributed by atoms with van der Waals surface area (Å²) in [6.45, 7) is 0. The van der Waals surface area contributed by atoms with Crippen LogP contribution in [-0.4, -0.2) is 0 Å². The summed E-state index contributed by atoms with van der Waals surface area (Å²) < 4.78 is 21.2. The van der Waals surface area contributed by atoms with Crippen LogP contribution in [0.15, 0.2) is 28.9 Å². The molecule has 0 aromatic carbocycles. The Labute approximate surface area is 45.3 Å². The second kappa shape index (κ2) is 1.88. The first-order valence-electron chi connectivity index (χ1n) is 3.06. The molecule has 0 spiro atoms. The summed E-state index contributed by atoms with van der Waals surface area (Å²) in [4.78, 5) is 0. The molecular weight excluding hydrogens is 92.1 g/mol. The lowest BCUT2D eigenvalue weighted by Crippen LogP contribution is -1.41. The Morgan fingerprint density at radius 1 is 1.33 bits per heavy atom. The van der Waals surface area contributed by atoms with E-state index in [1.54, 1.807) is 0 Å². The third-order valence-electron chi connectivity index (χ3n) is 0.402. The lowest BCUT2D eigenvalue weighted by molar-refractivity contribution is 1.88. The Balaban J connectivity index is 3.17. The van der Waals surface area contributed by atoms with Crippen LogP contribution >= 0.6 is 11.3 Å². The van der Waals surface area contributed by atoms with Gasteiger partial charge in [-0.2, -0.15) is 0 Å². The minimum atomic E-state index is 0.240. The molecule has 0 nitrogen and oxygen atoms in total. The number of rotatable bonds is 0. The van der Waals surface area contributed by atoms with Crippen LogP contribution in [0.1, 0.15) is 4.11 Å². The van der Waals surface area contributed by atoms with Gasteiger partial charge in [-0.25, -0.2) is 0 Å². The van der Waals surface area contributed by atoms with Crippen LogP contribution in [0.3, 0.4) is 0 Å². The normalized spacial score (nSPS) is 15.0. The lowest BCUT2D eigenvalue weighted by atomic mass is 10.6. The second-order valence-corrected chi connectivity index (χ2v) is 1.47. The molecule has 1 aromatic rings. The second-order valence-electron chi connectivity index (χ2n) is 0.793.